The SMILES string of the molecule is Cc1cc(C(=O)N(CCCl)CC(F)(F)F)ccc1O. The molecule has 0 saturated carbocycles. The lowest BCUT2D eigenvalue weighted by Crippen LogP contribution is -2.40. The molecule has 7 heteroatoms. The van der Waals surface area contributed by atoms with Crippen LogP contribution in [-0.4, -0.2) is 41.1 Å². The fourth-order valence-electron chi connectivity index (χ4n) is 1.54. The molecule has 1 N–H and O–H groups in total. The lowest BCUT2D eigenvalue weighted by Gasteiger charge is -2.23. The van der Waals surface area contributed by atoms with Gasteiger partial charge in [0.05, 0.1) is 0 Å². The molecule has 0 atom stereocenters. The first kappa shape index (κ1) is 15.6. The third kappa shape index (κ3) is 4.63. The van der Waals surface area contributed by atoms with E-state index in [0.29, 0.717) is 10.5 Å². The van der Waals surface area contributed by atoms with E-state index in [1.807, 2.05) is 0 Å². The number of carbonyl (C=O) groups excluding carboxylic acids is 1. The Kier molecular flexibility index (Phi) is 5.05. The molecule has 0 fully saturated rings. The van der Waals surface area contributed by atoms with E-state index in [1.165, 1.54) is 18.2 Å². The van der Waals surface area contributed by atoms with Gasteiger partial charge in [-0.25, -0.2) is 0 Å². The number of benzene rings is 1. The molecule has 3 nitrogen and oxygen atoms in total. The summed E-state index contributed by atoms with van der Waals surface area (Å²) in [5, 5.41) is 9.33. The van der Waals surface area contributed by atoms with E-state index >= 15 is 0 Å². The number of hydrogen-bond acceptors (Lipinski definition) is 2. The third-order valence-electron chi connectivity index (χ3n) is 2.46. The van der Waals surface area contributed by atoms with Crippen molar-refractivity contribution in [3.05, 3.63) is 29.3 Å². The number of rotatable bonds is 4. The van der Waals surface area contributed by atoms with Crippen molar-refractivity contribution in [3.8, 4) is 5.75 Å². The number of carbonyl (C=O) groups is 1. The quantitative estimate of drug-likeness (QED) is 0.868. The number of nitrogens with zero attached hydrogens (tertiary/aromatic N) is 1. The Morgan fingerprint density at radius 1 is 1.42 bits per heavy atom. The van der Waals surface area contributed by atoms with Gasteiger partial charge in [0, 0.05) is 18.0 Å². The molecule has 0 unspecified atom stereocenters. The van der Waals surface area contributed by atoms with Crippen LogP contribution in [0, 0.1) is 6.92 Å². The van der Waals surface area contributed by atoms with Crippen molar-refractivity contribution in [1.29, 1.82) is 0 Å². The van der Waals surface area contributed by atoms with Crippen molar-refractivity contribution in [1.82, 2.24) is 4.90 Å². The minimum Gasteiger partial charge on any atom is -0.508 e. The summed E-state index contributed by atoms with van der Waals surface area (Å²) < 4.78 is 37.1. The van der Waals surface area contributed by atoms with Crippen LogP contribution in [0.1, 0.15) is 15.9 Å². The smallest absolute Gasteiger partial charge is 0.406 e. The third-order valence-corrected chi connectivity index (χ3v) is 2.62. The van der Waals surface area contributed by atoms with Gasteiger partial charge in [-0.15, -0.1) is 11.6 Å². The second kappa shape index (κ2) is 6.14. The van der Waals surface area contributed by atoms with Gasteiger partial charge in [0.1, 0.15) is 12.3 Å². The molecule has 0 radical (unpaired) electrons. The van der Waals surface area contributed by atoms with Gasteiger partial charge in [0.15, 0.2) is 0 Å². The molecule has 1 aromatic carbocycles. The van der Waals surface area contributed by atoms with Gasteiger partial charge in [-0.1, -0.05) is 0 Å². The van der Waals surface area contributed by atoms with Crippen molar-refractivity contribution in [2.45, 2.75) is 13.1 Å². The monoisotopic (exact) mass is 295 g/mol. The second-order valence-corrected chi connectivity index (χ2v) is 4.41. The first-order valence-electron chi connectivity index (χ1n) is 5.46. The van der Waals surface area contributed by atoms with Crippen LogP contribution >= 0.6 is 11.6 Å². The van der Waals surface area contributed by atoms with Crippen LogP contribution in [0.4, 0.5) is 13.2 Å². The number of aryl methyl sites for hydroxylation is 1. The highest BCUT2D eigenvalue weighted by Gasteiger charge is 2.33. The first-order chi connectivity index (χ1) is 8.74. The first-order valence-corrected chi connectivity index (χ1v) is 5.99. The van der Waals surface area contributed by atoms with E-state index < -0.39 is 18.6 Å². The fourth-order valence-corrected chi connectivity index (χ4v) is 1.75. The maximum atomic E-state index is 12.4. The van der Waals surface area contributed by atoms with Gasteiger partial charge in [-0.05, 0) is 30.7 Å². The van der Waals surface area contributed by atoms with E-state index in [9.17, 15) is 23.1 Å². The summed E-state index contributed by atoms with van der Waals surface area (Å²) in [4.78, 5) is 12.6. The molecule has 1 amide bonds. The Labute approximate surface area is 113 Å². The van der Waals surface area contributed by atoms with Crippen LogP contribution in [-0.2, 0) is 0 Å². The van der Waals surface area contributed by atoms with Gasteiger partial charge >= 0.3 is 6.18 Å². The summed E-state index contributed by atoms with van der Waals surface area (Å²) in [6.07, 6.45) is -4.48. The van der Waals surface area contributed by atoms with Gasteiger partial charge < -0.3 is 10.0 Å². The molecular weight excluding hydrogens is 283 g/mol. The minimum absolute atomic E-state index is 0.0173. The van der Waals surface area contributed by atoms with Crippen LogP contribution in [0.2, 0.25) is 0 Å². The summed E-state index contributed by atoms with van der Waals surface area (Å²) in [5.41, 5.74) is 0.508. The number of halogens is 4. The Balaban J connectivity index is 2.95. The minimum atomic E-state index is -4.48. The molecule has 0 aromatic heterocycles. The van der Waals surface area contributed by atoms with E-state index in [4.69, 9.17) is 11.6 Å². The van der Waals surface area contributed by atoms with E-state index in [0.717, 1.165) is 0 Å². The maximum absolute atomic E-state index is 12.4. The fraction of sp³-hybridized carbons (Fsp3) is 0.417. The lowest BCUT2D eigenvalue weighted by atomic mass is 10.1. The molecule has 0 saturated heterocycles. The highest BCUT2D eigenvalue weighted by molar-refractivity contribution is 6.18. The Bertz CT molecular complexity index is 463. The average Bonchev–Trinajstić information content (AvgIpc) is 2.29. The van der Waals surface area contributed by atoms with Gasteiger partial charge in [-0.3, -0.25) is 4.79 Å². The van der Waals surface area contributed by atoms with E-state index in [-0.39, 0.29) is 23.7 Å². The highest BCUT2D eigenvalue weighted by atomic mass is 35.5. The number of alkyl halides is 4. The topological polar surface area (TPSA) is 40.5 Å². The predicted molar refractivity (Wildman–Crippen MR) is 65.5 cm³/mol. The summed E-state index contributed by atoms with van der Waals surface area (Å²) in [6.45, 7) is 0.0139. The Morgan fingerprint density at radius 2 is 2.05 bits per heavy atom. The van der Waals surface area contributed by atoms with Crippen LogP contribution in [0.25, 0.3) is 0 Å². The van der Waals surface area contributed by atoms with Crippen molar-refractivity contribution in [2.24, 2.45) is 0 Å². The molecular formula is C12H13ClF3NO2. The number of phenolic OH excluding ortho intramolecular Hbond substituents is 1. The Hall–Kier alpha value is -1.43. The van der Waals surface area contributed by atoms with Crippen molar-refractivity contribution in [2.75, 3.05) is 19.0 Å². The molecule has 1 aromatic rings. The number of hydrogen-bond donors (Lipinski definition) is 1. The molecule has 0 aliphatic carbocycles. The molecule has 106 valence electrons. The standard InChI is InChI=1S/C12H13ClF3NO2/c1-8-6-9(2-3-10(8)18)11(19)17(5-4-13)7-12(14,15)16/h2-3,6,18H,4-5,7H2,1H3. The number of aromatic hydroxyl groups is 1. The molecule has 0 heterocycles. The van der Waals surface area contributed by atoms with E-state index in [1.54, 1.807) is 6.92 Å². The summed E-state index contributed by atoms with van der Waals surface area (Å²) in [5.74, 6) is -0.865. The van der Waals surface area contributed by atoms with Gasteiger partial charge in [0.2, 0.25) is 0 Å². The molecule has 0 spiro atoms. The van der Waals surface area contributed by atoms with Crippen molar-refractivity contribution >= 4 is 17.5 Å². The van der Waals surface area contributed by atoms with Gasteiger partial charge in [-0.2, -0.15) is 13.2 Å². The molecule has 0 aliphatic heterocycles. The van der Waals surface area contributed by atoms with Crippen LogP contribution in [0.5, 0.6) is 5.75 Å². The predicted octanol–water partition coefficient (Wildman–Crippen LogP) is 2.94. The zero-order valence-electron chi connectivity index (χ0n) is 10.2. The zero-order chi connectivity index (χ0) is 14.6. The van der Waals surface area contributed by atoms with Crippen LogP contribution in [0.3, 0.4) is 0 Å². The number of phenols is 1. The molecule has 1 rings (SSSR count). The van der Waals surface area contributed by atoms with E-state index in [2.05, 4.69) is 0 Å². The number of amides is 1. The lowest BCUT2D eigenvalue weighted by molar-refractivity contribution is -0.140. The molecule has 0 bridgehead atoms. The van der Waals surface area contributed by atoms with Crippen molar-refractivity contribution in [3.63, 3.8) is 0 Å². The summed E-state index contributed by atoms with van der Waals surface area (Å²) in [7, 11) is 0. The largest absolute Gasteiger partial charge is 0.508 e. The summed E-state index contributed by atoms with van der Waals surface area (Å²) >= 11 is 5.41. The molecule has 0 aliphatic rings. The normalized spacial score (nSPS) is 11.4. The highest BCUT2D eigenvalue weighted by Crippen LogP contribution is 2.21. The van der Waals surface area contributed by atoms with Crippen LogP contribution in [0.15, 0.2) is 18.2 Å². The van der Waals surface area contributed by atoms with Gasteiger partial charge in [0.25, 0.3) is 5.91 Å². The Morgan fingerprint density at radius 3 is 2.53 bits per heavy atom. The second-order valence-electron chi connectivity index (χ2n) is 4.03. The van der Waals surface area contributed by atoms with Crippen LogP contribution < -0.4 is 0 Å². The van der Waals surface area contributed by atoms with Crippen molar-refractivity contribution < 1.29 is 23.1 Å². The summed E-state index contributed by atoms with van der Waals surface area (Å²) in [6, 6.07) is 3.90. The molecule has 19 heavy (non-hydrogen) atoms. The maximum Gasteiger partial charge on any atom is 0.406 e. The zero-order valence-corrected chi connectivity index (χ0v) is 10.9. The average molecular weight is 296 g/mol.